The van der Waals surface area contributed by atoms with Crippen LogP contribution in [0.2, 0.25) is 0 Å². The number of aryl methyl sites for hydroxylation is 2. The third kappa shape index (κ3) is 3.00. The van der Waals surface area contributed by atoms with Gasteiger partial charge in [-0.05, 0) is 48.7 Å². The molecule has 0 radical (unpaired) electrons. The Kier molecular flexibility index (Phi) is 4.55. The average Bonchev–Trinajstić information content (AvgIpc) is 3.04. The van der Waals surface area contributed by atoms with Crippen molar-refractivity contribution in [2.45, 2.75) is 46.3 Å². The first-order chi connectivity index (χ1) is 8.74. The first-order valence-electron chi connectivity index (χ1n) is 6.55. The molecule has 2 heterocycles. The molecule has 0 bridgehead atoms. The van der Waals surface area contributed by atoms with E-state index in [0.717, 1.165) is 19.5 Å². The Morgan fingerprint density at radius 1 is 1.44 bits per heavy atom. The van der Waals surface area contributed by atoms with E-state index in [1.54, 1.807) is 11.3 Å². The molecule has 0 saturated heterocycles. The molecule has 0 aliphatic heterocycles. The number of thiophene rings is 1. The van der Waals surface area contributed by atoms with Crippen LogP contribution in [0.25, 0.3) is 0 Å². The largest absolute Gasteiger partial charge is 0.305 e. The van der Waals surface area contributed by atoms with Crippen LogP contribution < -0.4 is 5.32 Å². The van der Waals surface area contributed by atoms with Gasteiger partial charge < -0.3 is 5.32 Å². The number of hydrogen-bond acceptors (Lipinski definition) is 3. The lowest BCUT2D eigenvalue weighted by atomic mass is 10.2. The van der Waals surface area contributed by atoms with E-state index in [9.17, 15) is 0 Å². The van der Waals surface area contributed by atoms with Gasteiger partial charge in [0.1, 0.15) is 0 Å². The molecule has 0 aliphatic rings. The maximum Gasteiger partial charge on any atom is 0.0625 e. The summed E-state index contributed by atoms with van der Waals surface area (Å²) in [5.41, 5.74) is 3.81. The molecule has 0 aromatic carbocycles. The topological polar surface area (TPSA) is 29.9 Å². The van der Waals surface area contributed by atoms with Crippen molar-refractivity contribution in [2.75, 3.05) is 0 Å². The molecule has 1 N–H and O–H groups in total. The van der Waals surface area contributed by atoms with Crippen molar-refractivity contribution in [3.05, 3.63) is 39.8 Å². The molecular formula is C14H21N3S. The fourth-order valence-electron chi connectivity index (χ4n) is 2.00. The molecule has 2 aromatic heterocycles. The van der Waals surface area contributed by atoms with E-state index in [1.165, 1.54) is 17.0 Å². The molecule has 0 aliphatic carbocycles. The normalized spacial score (nSPS) is 12.8. The van der Waals surface area contributed by atoms with Crippen molar-refractivity contribution < 1.29 is 0 Å². The quantitative estimate of drug-likeness (QED) is 0.866. The minimum Gasteiger partial charge on any atom is -0.305 e. The smallest absolute Gasteiger partial charge is 0.0625 e. The van der Waals surface area contributed by atoms with Gasteiger partial charge in [-0.15, -0.1) is 0 Å². The van der Waals surface area contributed by atoms with Crippen molar-refractivity contribution in [2.24, 2.45) is 0 Å². The van der Waals surface area contributed by atoms with Crippen molar-refractivity contribution in [3.63, 3.8) is 0 Å². The Morgan fingerprint density at radius 3 is 2.89 bits per heavy atom. The maximum atomic E-state index is 4.57. The number of nitrogens with zero attached hydrogens (tertiary/aromatic N) is 2. The van der Waals surface area contributed by atoms with Gasteiger partial charge in [-0.1, -0.05) is 6.92 Å². The van der Waals surface area contributed by atoms with Crippen molar-refractivity contribution in [1.29, 1.82) is 0 Å². The summed E-state index contributed by atoms with van der Waals surface area (Å²) in [4.78, 5) is 0. The first-order valence-corrected chi connectivity index (χ1v) is 7.50. The summed E-state index contributed by atoms with van der Waals surface area (Å²) < 4.78 is 2.09. The first kappa shape index (κ1) is 13.3. The van der Waals surface area contributed by atoms with Crippen LogP contribution in [0.5, 0.6) is 0 Å². The van der Waals surface area contributed by atoms with E-state index in [0.29, 0.717) is 6.04 Å². The third-order valence-corrected chi connectivity index (χ3v) is 3.91. The van der Waals surface area contributed by atoms with E-state index in [-0.39, 0.29) is 0 Å². The molecule has 98 valence electrons. The van der Waals surface area contributed by atoms with Crippen LogP contribution in [0.15, 0.2) is 22.9 Å². The zero-order chi connectivity index (χ0) is 13.0. The highest BCUT2D eigenvalue weighted by Gasteiger charge is 2.09. The minimum absolute atomic E-state index is 0.390. The summed E-state index contributed by atoms with van der Waals surface area (Å²) in [7, 11) is 0. The highest BCUT2D eigenvalue weighted by molar-refractivity contribution is 7.07. The molecule has 0 amide bonds. The molecule has 1 unspecified atom stereocenters. The number of nitrogens with one attached hydrogen (secondary N) is 1. The van der Waals surface area contributed by atoms with E-state index in [2.05, 4.69) is 58.8 Å². The van der Waals surface area contributed by atoms with Crippen LogP contribution in [0, 0.1) is 0 Å². The van der Waals surface area contributed by atoms with Gasteiger partial charge in [0.15, 0.2) is 0 Å². The number of aromatic nitrogens is 2. The van der Waals surface area contributed by atoms with Crippen molar-refractivity contribution in [1.82, 2.24) is 15.1 Å². The van der Waals surface area contributed by atoms with Crippen LogP contribution >= 0.6 is 11.3 Å². The average molecular weight is 263 g/mol. The predicted molar refractivity (Wildman–Crippen MR) is 76.9 cm³/mol. The van der Waals surface area contributed by atoms with Gasteiger partial charge in [-0.2, -0.15) is 16.4 Å². The van der Waals surface area contributed by atoms with Gasteiger partial charge in [0.05, 0.1) is 11.4 Å². The molecule has 0 saturated carbocycles. The molecule has 2 rings (SSSR count). The fourth-order valence-corrected chi connectivity index (χ4v) is 2.75. The van der Waals surface area contributed by atoms with Gasteiger partial charge in [0.2, 0.25) is 0 Å². The highest BCUT2D eigenvalue weighted by Crippen LogP contribution is 2.16. The minimum atomic E-state index is 0.390. The lowest BCUT2D eigenvalue weighted by Crippen LogP contribution is -2.19. The summed E-state index contributed by atoms with van der Waals surface area (Å²) in [6.45, 7) is 8.29. The summed E-state index contributed by atoms with van der Waals surface area (Å²) in [6.07, 6.45) is 1.00. The second-order valence-corrected chi connectivity index (χ2v) is 5.24. The Hall–Kier alpha value is -1.13. The van der Waals surface area contributed by atoms with Gasteiger partial charge in [0, 0.05) is 19.1 Å². The Balaban J connectivity index is 1.99. The maximum absolute atomic E-state index is 4.57. The van der Waals surface area contributed by atoms with E-state index in [1.807, 2.05) is 0 Å². The molecule has 2 aromatic rings. The van der Waals surface area contributed by atoms with E-state index in [4.69, 9.17) is 0 Å². The number of hydrogen-bond donors (Lipinski definition) is 1. The van der Waals surface area contributed by atoms with Gasteiger partial charge in [-0.25, -0.2) is 0 Å². The Morgan fingerprint density at radius 2 is 2.28 bits per heavy atom. The second-order valence-electron chi connectivity index (χ2n) is 4.46. The standard InChI is InChI=1S/C14H21N3S/c1-4-13-8-14(17(5-2)16-13)9-15-11(3)12-6-7-18-10-12/h6-8,10-11,15H,4-5,9H2,1-3H3. The molecule has 0 fully saturated rings. The molecular weight excluding hydrogens is 242 g/mol. The Bertz CT molecular complexity index is 473. The predicted octanol–water partition coefficient (Wildman–Crippen LogP) is 3.38. The van der Waals surface area contributed by atoms with E-state index >= 15 is 0 Å². The summed E-state index contributed by atoms with van der Waals surface area (Å²) >= 11 is 1.75. The van der Waals surface area contributed by atoms with Gasteiger partial charge in [0.25, 0.3) is 0 Å². The Labute approximate surface area is 113 Å². The molecule has 0 spiro atoms. The fraction of sp³-hybridized carbons (Fsp3) is 0.500. The molecule has 1 atom stereocenters. The number of rotatable bonds is 6. The van der Waals surface area contributed by atoms with Crippen LogP contribution in [-0.2, 0) is 19.5 Å². The highest BCUT2D eigenvalue weighted by atomic mass is 32.1. The van der Waals surface area contributed by atoms with Gasteiger partial charge >= 0.3 is 0 Å². The molecule has 4 heteroatoms. The summed E-state index contributed by atoms with van der Waals surface area (Å²) in [5.74, 6) is 0. The van der Waals surface area contributed by atoms with E-state index < -0.39 is 0 Å². The monoisotopic (exact) mass is 263 g/mol. The van der Waals surface area contributed by atoms with Crippen LogP contribution in [0.4, 0.5) is 0 Å². The molecule has 18 heavy (non-hydrogen) atoms. The van der Waals surface area contributed by atoms with Crippen LogP contribution in [0.3, 0.4) is 0 Å². The van der Waals surface area contributed by atoms with Gasteiger partial charge in [-0.3, -0.25) is 4.68 Å². The summed E-state index contributed by atoms with van der Waals surface area (Å²) in [5, 5.41) is 12.5. The lowest BCUT2D eigenvalue weighted by molar-refractivity contribution is 0.531. The molecule has 3 nitrogen and oxygen atoms in total. The van der Waals surface area contributed by atoms with Crippen LogP contribution in [-0.4, -0.2) is 9.78 Å². The lowest BCUT2D eigenvalue weighted by Gasteiger charge is -2.13. The van der Waals surface area contributed by atoms with Crippen molar-refractivity contribution >= 4 is 11.3 Å². The van der Waals surface area contributed by atoms with Crippen molar-refractivity contribution in [3.8, 4) is 0 Å². The second kappa shape index (κ2) is 6.16. The van der Waals surface area contributed by atoms with Crippen LogP contribution in [0.1, 0.15) is 43.8 Å². The zero-order valence-electron chi connectivity index (χ0n) is 11.3. The third-order valence-electron chi connectivity index (χ3n) is 3.21. The zero-order valence-corrected chi connectivity index (χ0v) is 12.1. The SMILES string of the molecule is CCc1cc(CNC(C)c2ccsc2)n(CC)n1. The summed E-state index contributed by atoms with van der Waals surface area (Å²) in [6, 6.07) is 4.77.